The molecule has 23 heavy (non-hydrogen) atoms. The third-order valence-electron chi connectivity index (χ3n) is 3.71. The number of hydrogen-bond donors (Lipinski definition) is 1. The Morgan fingerprint density at radius 1 is 1.30 bits per heavy atom. The minimum Gasteiger partial charge on any atom is -0.302 e. The Kier molecular flexibility index (Phi) is 4.46. The van der Waals surface area contributed by atoms with Crippen LogP contribution in [0.5, 0.6) is 0 Å². The first-order valence-electron chi connectivity index (χ1n) is 7.05. The van der Waals surface area contributed by atoms with Gasteiger partial charge < -0.3 is 5.32 Å². The number of carbonyl (C=O) groups excluding carboxylic acids is 1. The lowest BCUT2D eigenvalue weighted by Gasteiger charge is -2.04. The Hall–Kier alpha value is -1.79. The standard InChI is InChI=1S/C17H14BrFN2OS/c1-9-6-7-13-16(10(9)2)21-17(23-13)20-14(22)8-11-4-3-5-12(18)15(11)19/h3-7H,8H2,1-2H3,(H,20,21,22). The molecule has 0 spiro atoms. The van der Waals surface area contributed by atoms with Gasteiger partial charge in [-0.1, -0.05) is 29.5 Å². The first-order chi connectivity index (χ1) is 11.0. The van der Waals surface area contributed by atoms with Gasteiger partial charge in [0.15, 0.2) is 5.13 Å². The Bertz CT molecular complexity index is 907. The summed E-state index contributed by atoms with van der Waals surface area (Å²) in [5.41, 5.74) is 3.53. The fraction of sp³-hybridized carbons (Fsp3) is 0.176. The number of hydrogen-bond acceptors (Lipinski definition) is 3. The second kappa shape index (κ2) is 6.37. The highest BCUT2D eigenvalue weighted by molar-refractivity contribution is 9.10. The molecule has 0 bridgehead atoms. The first kappa shape index (κ1) is 16.1. The van der Waals surface area contributed by atoms with Crippen molar-refractivity contribution in [3.05, 3.63) is 57.3 Å². The van der Waals surface area contributed by atoms with Crippen molar-refractivity contribution in [1.29, 1.82) is 0 Å². The van der Waals surface area contributed by atoms with Gasteiger partial charge in [-0.05, 0) is 58.6 Å². The molecule has 0 saturated heterocycles. The zero-order valence-electron chi connectivity index (χ0n) is 12.6. The Morgan fingerprint density at radius 3 is 2.87 bits per heavy atom. The molecule has 3 rings (SSSR count). The van der Waals surface area contributed by atoms with Crippen LogP contribution in [0.15, 0.2) is 34.8 Å². The van der Waals surface area contributed by atoms with Gasteiger partial charge in [0.25, 0.3) is 0 Å². The van der Waals surface area contributed by atoms with E-state index < -0.39 is 5.82 Å². The molecule has 1 heterocycles. The molecule has 0 aliphatic carbocycles. The zero-order valence-corrected chi connectivity index (χ0v) is 15.0. The van der Waals surface area contributed by atoms with Crippen molar-refractivity contribution >= 4 is 48.5 Å². The van der Waals surface area contributed by atoms with Gasteiger partial charge in [-0.2, -0.15) is 0 Å². The van der Waals surface area contributed by atoms with E-state index in [1.54, 1.807) is 18.2 Å². The summed E-state index contributed by atoms with van der Waals surface area (Å²) in [6.45, 7) is 4.04. The number of rotatable bonds is 3. The fourth-order valence-corrected chi connectivity index (χ4v) is 3.65. The molecule has 6 heteroatoms. The van der Waals surface area contributed by atoms with Crippen LogP contribution >= 0.6 is 27.3 Å². The van der Waals surface area contributed by atoms with Gasteiger partial charge in [-0.25, -0.2) is 9.37 Å². The van der Waals surface area contributed by atoms with Crippen molar-refractivity contribution in [3.63, 3.8) is 0 Å². The lowest BCUT2D eigenvalue weighted by atomic mass is 10.1. The summed E-state index contributed by atoms with van der Waals surface area (Å²) in [6.07, 6.45) is -0.0286. The third-order valence-corrected chi connectivity index (χ3v) is 5.26. The van der Waals surface area contributed by atoms with Crippen LogP contribution in [-0.2, 0) is 11.2 Å². The summed E-state index contributed by atoms with van der Waals surface area (Å²) in [6, 6.07) is 8.96. The fourth-order valence-electron chi connectivity index (χ4n) is 2.30. The molecule has 118 valence electrons. The van der Waals surface area contributed by atoms with Crippen molar-refractivity contribution in [2.45, 2.75) is 20.3 Å². The van der Waals surface area contributed by atoms with Crippen LogP contribution in [0.2, 0.25) is 0 Å². The number of aryl methyl sites for hydroxylation is 2. The zero-order chi connectivity index (χ0) is 16.6. The number of fused-ring (bicyclic) bond motifs is 1. The van der Waals surface area contributed by atoms with Crippen LogP contribution in [0.25, 0.3) is 10.2 Å². The van der Waals surface area contributed by atoms with E-state index in [0.29, 0.717) is 15.2 Å². The number of aromatic nitrogens is 1. The molecule has 0 atom stereocenters. The normalized spacial score (nSPS) is 11.0. The van der Waals surface area contributed by atoms with Crippen LogP contribution in [0.3, 0.4) is 0 Å². The predicted octanol–water partition coefficient (Wildman–Crippen LogP) is 5.00. The van der Waals surface area contributed by atoms with Gasteiger partial charge in [0.1, 0.15) is 5.82 Å². The van der Waals surface area contributed by atoms with E-state index in [-0.39, 0.29) is 12.3 Å². The lowest BCUT2D eigenvalue weighted by Crippen LogP contribution is -2.15. The van der Waals surface area contributed by atoms with E-state index in [4.69, 9.17) is 0 Å². The maximum atomic E-state index is 13.9. The van der Waals surface area contributed by atoms with Crippen molar-refractivity contribution in [2.75, 3.05) is 5.32 Å². The van der Waals surface area contributed by atoms with Gasteiger partial charge in [0.2, 0.25) is 5.91 Å². The molecule has 3 nitrogen and oxygen atoms in total. The average Bonchev–Trinajstić information content (AvgIpc) is 2.91. The Labute approximate surface area is 145 Å². The molecule has 0 fully saturated rings. The highest BCUT2D eigenvalue weighted by Gasteiger charge is 2.13. The van der Waals surface area contributed by atoms with Gasteiger partial charge in [-0.15, -0.1) is 0 Å². The maximum Gasteiger partial charge on any atom is 0.230 e. The lowest BCUT2D eigenvalue weighted by molar-refractivity contribution is -0.115. The first-order valence-corrected chi connectivity index (χ1v) is 8.66. The molecule has 0 saturated carbocycles. The van der Waals surface area contributed by atoms with Crippen molar-refractivity contribution in [3.8, 4) is 0 Å². The SMILES string of the molecule is Cc1ccc2sc(NC(=O)Cc3cccc(Br)c3F)nc2c1C. The third kappa shape index (κ3) is 3.28. The van der Waals surface area contributed by atoms with Crippen molar-refractivity contribution in [2.24, 2.45) is 0 Å². The molecule has 0 unspecified atom stereocenters. The Morgan fingerprint density at radius 2 is 2.09 bits per heavy atom. The molecule has 1 N–H and O–H groups in total. The van der Waals surface area contributed by atoms with E-state index in [1.807, 2.05) is 26.0 Å². The minimum absolute atomic E-state index is 0.0286. The number of anilines is 1. The molecule has 1 amide bonds. The average molecular weight is 393 g/mol. The van der Waals surface area contributed by atoms with E-state index in [0.717, 1.165) is 21.3 Å². The molecule has 1 aromatic heterocycles. The summed E-state index contributed by atoms with van der Waals surface area (Å²) < 4.78 is 15.3. The van der Waals surface area contributed by atoms with Gasteiger partial charge in [0.05, 0.1) is 21.1 Å². The van der Waals surface area contributed by atoms with Crippen LogP contribution in [0, 0.1) is 19.7 Å². The van der Waals surface area contributed by atoms with Crippen LogP contribution in [0.1, 0.15) is 16.7 Å². The maximum absolute atomic E-state index is 13.9. The minimum atomic E-state index is -0.404. The van der Waals surface area contributed by atoms with E-state index in [2.05, 4.69) is 26.2 Å². The number of nitrogens with zero attached hydrogens (tertiary/aromatic N) is 1. The van der Waals surface area contributed by atoms with E-state index in [9.17, 15) is 9.18 Å². The number of halogens is 2. The van der Waals surface area contributed by atoms with Crippen LogP contribution < -0.4 is 5.32 Å². The molecular weight excluding hydrogens is 379 g/mol. The molecular formula is C17H14BrFN2OS. The second-order valence-corrected chi connectivity index (χ2v) is 7.20. The largest absolute Gasteiger partial charge is 0.302 e. The summed E-state index contributed by atoms with van der Waals surface area (Å²) in [5, 5.41) is 3.30. The van der Waals surface area contributed by atoms with E-state index >= 15 is 0 Å². The summed E-state index contributed by atoms with van der Waals surface area (Å²) >= 11 is 4.54. The summed E-state index contributed by atoms with van der Waals surface area (Å²) in [5.74, 6) is -0.686. The molecule has 3 aromatic rings. The molecule has 0 aliphatic rings. The van der Waals surface area contributed by atoms with Crippen LogP contribution in [-0.4, -0.2) is 10.9 Å². The predicted molar refractivity (Wildman–Crippen MR) is 95.5 cm³/mol. The van der Waals surface area contributed by atoms with Gasteiger partial charge in [-0.3, -0.25) is 4.79 Å². The van der Waals surface area contributed by atoms with Gasteiger partial charge in [0, 0.05) is 0 Å². The quantitative estimate of drug-likeness (QED) is 0.681. The van der Waals surface area contributed by atoms with E-state index in [1.165, 1.54) is 11.3 Å². The number of nitrogens with one attached hydrogen (secondary N) is 1. The van der Waals surface area contributed by atoms with Crippen LogP contribution in [0.4, 0.5) is 9.52 Å². The number of amides is 1. The summed E-state index contributed by atoms with van der Waals surface area (Å²) in [7, 11) is 0. The number of benzene rings is 2. The van der Waals surface area contributed by atoms with Gasteiger partial charge >= 0.3 is 0 Å². The Balaban J connectivity index is 1.80. The molecule has 0 aliphatic heterocycles. The number of thiazole rings is 1. The number of carbonyl (C=O) groups is 1. The summed E-state index contributed by atoms with van der Waals surface area (Å²) in [4.78, 5) is 16.6. The molecule has 0 radical (unpaired) electrons. The molecule has 2 aromatic carbocycles. The smallest absolute Gasteiger partial charge is 0.230 e. The van der Waals surface area contributed by atoms with Crippen molar-refractivity contribution in [1.82, 2.24) is 4.98 Å². The monoisotopic (exact) mass is 392 g/mol. The second-order valence-electron chi connectivity index (χ2n) is 5.31. The topological polar surface area (TPSA) is 42.0 Å². The highest BCUT2D eigenvalue weighted by atomic mass is 79.9. The highest BCUT2D eigenvalue weighted by Crippen LogP contribution is 2.29. The van der Waals surface area contributed by atoms with Crippen molar-refractivity contribution < 1.29 is 9.18 Å².